The van der Waals surface area contributed by atoms with Crippen LogP contribution in [0.5, 0.6) is 5.75 Å². The van der Waals surface area contributed by atoms with E-state index < -0.39 is 0 Å². The van der Waals surface area contributed by atoms with Gasteiger partial charge in [0.15, 0.2) is 0 Å². The number of hydrogen-bond acceptors (Lipinski definition) is 4. The third-order valence-corrected chi connectivity index (χ3v) is 5.17. The maximum atomic E-state index is 13.2. The van der Waals surface area contributed by atoms with Gasteiger partial charge in [-0.1, -0.05) is 6.07 Å². The molecule has 1 saturated heterocycles. The average molecular weight is 358 g/mol. The number of aromatic nitrogens is 2. The number of halogens is 1. The Bertz CT molecular complexity index is 799. The van der Waals surface area contributed by atoms with Crippen LogP contribution in [0.3, 0.4) is 0 Å². The summed E-state index contributed by atoms with van der Waals surface area (Å²) in [6, 6.07) is 8.12. The lowest BCUT2D eigenvalue weighted by Crippen LogP contribution is -2.50. The van der Waals surface area contributed by atoms with Gasteiger partial charge in [-0.15, -0.1) is 0 Å². The van der Waals surface area contributed by atoms with E-state index in [2.05, 4.69) is 17.0 Å². The molecule has 1 aromatic carbocycles. The van der Waals surface area contributed by atoms with Crippen molar-refractivity contribution in [2.45, 2.75) is 32.0 Å². The normalized spacial score (nSPS) is 18.8. The molecule has 0 unspecified atom stereocenters. The highest BCUT2D eigenvalue weighted by molar-refractivity contribution is 5.93. The molecule has 3 heterocycles. The van der Waals surface area contributed by atoms with Crippen molar-refractivity contribution in [3.63, 3.8) is 0 Å². The Labute approximate surface area is 152 Å². The summed E-state index contributed by atoms with van der Waals surface area (Å²) >= 11 is 0. The summed E-state index contributed by atoms with van der Waals surface area (Å²) in [5.41, 5.74) is 1.30. The van der Waals surface area contributed by atoms with E-state index in [0.717, 1.165) is 25.9 Å². The standard InChI is InChI=1S/C19H23FN4O2/c1-22-7-5-16(6-8-22)23-9-10-24-18(19(23)25)12-15(21-24)13-26-17-4-2-3-14(20)11-17/h2-4,11-12,16H,5-10,13H2,1H3. The number of likely N-dealkylation sites (tertiary alicyclic amines) is 1. The topological polar surface area (TPSA) is 50.6 Å². The van der Waals surface area contributed by atoms with Crippen LogP contribution in [0.2, 0.25) is 0 Å². The minimum absolute atomic E-state index is 0.0512. The molecule has 2 aliphatic rings. The predicted molar refractivity (Wildman–Crippen MR) is 94.5 cm³/mol. The van der Waals surface area contributed by atoms with Crippen molar-refractivity contribution in [3.05, 3.63) is 47.5 Å². The number of rotatable bonds is 4. The lowest BCUT2D eigenvalue weighted by atomic mass is 10.0. The molecule has 0 atom stereocenters. The van der Waals surface area contributed by atoms with Crippen LogP contribution >= 0.6 is 0 Å². The van der Waals surface area contributed by atoms with Crippen molar-refractivity contribution in [2.75, 3.05) is 26.7 Å². The summed E-state index contributed by atoms with van der Waals surface area (Å²) in [4.78, 5) is 17.2. The summed E-state index contributed by atoms with van der Waals surface area (Å²) in [6.45, 7) is 3.67. The predicted octanol–water partition coefficient (Wildman–Crippen LogP) is 2.15. The summed E-state index contributed by atoms with van der Waals surface area (Å²) in [7, 11) is 2.12. The molecule has 6 nitrogen and oxygen atoms in total. The Hall–Kier alpha value is -2.41. The number of piperidine rings is 1. The van der Waals surface area contributed by atoms with E-state index in [1.165, 1.54) is 12.1 Å². The highest BCUT2D eigenvalue weighted by atomic mass is 19.1. The number of benzene rings is 1. The lowest BCUT2D eigenvalue weighted by Gasteiger charge is -2.39. The van der Waals surface area contributed by atoms with Crippen molar-refractivity contribution < 1.29 is 13.9 Å². The van der Waals surface area contributed by atoms with Gasteiger partial charge < -0.3 is 14.5 Å². The summed E-state index contributed by atoms with van der Waals surface area (Å²) in [6.07, 6.45) is 2.04. The maximum Gasteiger partial charge on any atom is 0.272 e. The van der Waals surface area contributed by atoms with E-state index >= 15 is 0 Å². The van der Waals surface area contributed by atoms with Crippen molar-refractivity contribution in [2.24, 2.45) is 0 Å². The fourth-order valence-corrected chi connectivity index (χ4v) is 3.70. The van der Waals surface area contributed by atoms with Crippen LogP contribution in [0.15, 0.2) is 30.3 Å². The Balaban J connectivity index is 1.43. The Morgan fingerprint density at radius 1 is 1.19 bits per heavy atom. The average Bonchev–Trinajstić information content (AvgIpc) is 3.06. The van der Waals surface area contributed by atoms with Crippen LogP contribution in [-0.4, -0.2) is 58.2 Å². The molecule has 1 amide bonds. The largest absolute Gasteiger partial charge is 0.487 e. The minimum Gasteiger partial charge on any atom is -0.487 e. The molecule has 26 heavy (non-hydrogen) atoms. The first-order chi connectivity index (χ1) is 12.6. The fraction of sp³-hybridized carbons (Fsp3) is 0.474. The smallest absolute Gasteiger partial charge is 0.272 e. The molecule has 0 saturated carbocycles. The molecule has 1 fully saturated rings. The van der Waals surface area contributed by atoms with Crippen LogP contribution in [0.4, 0.5) is 4.39 Å². The van der Waals surface area contributed by atoms with E-state index in [4.69, 9.17) is 4.74 Å². The van der Waals surface area contributed by atoms with Crippen LogP contribution in [0.25, 0.3) is 0 Å². The number of carbonyl (C=O) groups is 1. The number of nitrogens with zero attached hydrogens (tertiary/aromatic N) is 4. The molecule has 0 radical (unpaired) electrons. The van der Waals surface area contributed by atoms with Gasteiger partial charge in [-0.25, -0.2) is 4.39 Å². The van der Waals surface area contributed by atoms with Gasteiger partial charge in [0.05, 0.1) is 6.54 Å². The summed E-state index contributed by atoms with van der Waals surface area (Å²) < 4.78 is 20.6. The molecule has 1 aromatic heterocycles. The third-order valence-electron chi connectivity index (χ3n) is 5.17. The molecule has 0 aliphatic carbocycles. The van der Waals surface area contributed by atoms with E-state index in [9.17, 15) is 9.18 Å². The Morgan fingerprint density at radius 3 is 2.77 bits per heavy atom. The molecule has 2 aromatic rings. The summed E-state index contributed by atoms with van der Waals surface area (Å²) in [5.74, 6) is 0.168. The van der Waals surface area contributed by atoms with Gasteiger partial charge in [0, 0.05) is 18.7 Å². The van der Waals surface area contributed by atoms with Crippen molar-refractivity contribution >= 4 is 5.91 Å². The van der Waals surface area contributed by atoms with Crippen LogP contribution in [0.1, 0.15) is 29.0 Å². The highest BCUT2D eigenvalue weighted by Crippen LogP contribution is 2.22. The second-order valence-corrected chi connectivity index (χ2v) is 7.02. The molecular weight excluding hydrogens is 335 g/mol. The van der Waals surface area contributed by atoms with Gasteiger partial charge in [-0.05, 0) is 51.2 Å². The SMILES string of the molecule is CN1CCC(N2CCn3nc(COc4cccc(F)c4)cc3C2=O)CC1. The minimum atomic E-state index is -0.337. The molecule has 2 aliphatic heterocycles. The van der Waals surface area contributed by atoms with Crippen molar-refractivity contribution in [1.29, 1.82) is 0 Å². The monoisotopic (exact) mass is 358 g/mol. The van der Waals surface area contributed by atoms with E-state index in [0.29, 0.717) is 36.3 Å². The van der Waals surface area contributed by atoms with Gasteiger partial charge >= 0.3 is 0 Å². The molecule has 138 valence electrons. The number of fused-ring (bicyclic) bond motifs is 1. The second kappa shape index (κ2) is 7.07. The zero-order valence-corrected chi connectivity index (χ0v) is 14.9. The van der Waals surface area contributed by atoms with Gasteiger partial charge in [0.25, 0.3) is 5.91 Å². The third kappa shape index (κ3) is 3.44. The Morgan fingerprint density at radius 2 is 2.00 bits per heavy atom. The van der Waals surface area contributed by atoms with Gasteiger partial charge in [-0.3, -0.25) is 9.48 Å². The molecule has 4 rings (SSSR count). The maximum absolute atomic E-state index is 13.2. The second-order valence-electron chi connectivity index (χ2n) is 7.02. The quantitative estimate of drug-likeness (QED) is 0.840. The first-order valence-corrected chi connectivity index (χ1v) is 9.05. The highest BCUT2D eigenvalue weighted by Gasteiger charge is 2.32. The van der Waals surface area contributed by atoms with Gasteiger partial charge in [0.2, 0.25) is 0 Å². The fourth-order valence-electron chi connectivity index (χ4n) is 3.70. The zero-order chi connectivity index (χ0) is 18.1. The molecule has 0 N–H and O–H groups in total. The number of carbonyl (C=O) groups excluding carboxylic acids is 1. The van der Waals surface area contributed by atoms with Crippen molar-refractivity contribution in [3.8, 4) is 5.75 Å². The number of hydrogen-bond donors (Lipinski definition) is 0. The van der Waals surface area contributed by atoms with Crippen molar-refractivity contribution in [1.82, 2.24) is 19.6 Å². The Kier molecular flexibility index (Phi) is 4.63. The first-order valence-electron chi connectivity index (χ1n) is 9.05. The summed E-state index contributed by atoms with van der Waals surface area (Å²) in [5, 5.41) is 4.47. The molecule has 7 heteroatoms. The first kappa shape index (κ1) is 17.0. The lowest BCUT2D eigenvalue weighted by molar-refractivity contribution is 0.0519. The van der Waals surface area contributed by atoms with Gasteiger partial charge in [0.1, 0.15) is 29.6 Å². The zero-order valence-electron chi connectivity index (χ0n) is 14.9. The molecular formula is C19H23FN4O2. The molecule has 0 bridgehead atoms. The number of ether oxygens (including phenoxy) is 1. The van der Waals surface area contributed by atoms with E-state index in [1.54, 1.807) is 22.9 Å². The molecule has 0 spiro atoms. The van der Waals surface area contributed by atoms with Gasteiger partial charge in [-0.2, -0.15) is 5.10 Å². The van der Waals surface area contributed by atoms with Crippen LogP contribution in [0, 0.1) is 5.82 Å². The number of amides is 1. The van der Waals surface area contributed by atoms with Crippen LogP contribution < -0.4 is 4.74 Å². The van der Waals surface area contributed by atoms with E-state index in [1.807, 2.05) is 4.90 Å². The van der Waals surface area contributed by atoms with E-state index in [-0.39, 0.29) is 18.3 Å². The van der Waals surface area contributed by atoms with Crippen LogP contribution in [-0.2, 0) is 13.2 Å².